The first-order valence-electron chi connectivity index (χ1n) is 7.50. The van der Waals surface area contributed by atoms with Gasteiger partial charge in [-0.2, -0.15) is 0 Å². The molecule has 3 N–H and O–H groups in total. The predicted molar refractivity (Wildman–Crippen MR) is 95.9 cm³/mol. The number of nitrogens with one attached hydrogen (secondary N) is 1. The second kappa shape index (κ2) is 9.25. The van der Waals surface area contributed by atoms with Gasteiger partial charge in [0.25, 0.3) is 0 Å². The summed E-state index contributed by atoms with van der Waals surface area (Å²) < 4.78 is 19.0. The number of hydrogen-bond acceptors (Lipinski definition) is 3. The van der Waals surface area contributed by atoms with E-state index in [2.05, 4.69) is 5.32 Å². The van der Waals surface area contributed by atoms with E-state index in [0.29, 0.717) is 17.0 Å². The van der Waals surface area contributed by atoms with Crippen molar-refractivity contribution in [3.8, 4) is 5.75 Å². The molecule has 0 fully saturated rings. The third-order valence-electron chi connectivity index (χ3n) is 3.68. The van der Waals surface area contributed by atoms with Gasteiger partial charge < -0.3 is 15.8 Å². The van der Waals surface area contributed by atoms with Crippen LogP contribution in [0, 0.1) is 11.7 Å². The van der Waals surface area contributed by atoms with Crippen molar-refractivity contribution in [1.29, 1.82) is 0 Å². The molecule has 0 saturated carbocycles. The average molecular weight is 353 g/mol. The van der Waals surface area contributed by atoms with Crippen molar-refractivity contribution >= 4 is 24.0 Å². The maximum atomic E-state index is 13.5. The lowest BCUT2D eigenvalue weighted by Gasteiger charge is -2.15. The average Bonchev–Trinajstić information content (AvgIpc) is 2.54. The lowest BCUT2D eigenvalue weighted by atomic mass is 10.0. The Morgan fingerprint density at radius 1 is 1.17 bits per heavy atom. The summed E-state index contributed by atoms with van der Waals surface area (Å²) in [5.41, 5.74) is 6.87. The number of rotatable bonds is 6. The van der Waals surface area contributed by atoms with Gasteiger partial charge in [0.15, 0.2) is 0 Å². The summed E-state index contributed by atoms with van der Waals surface area (Å²) in [4.78, 5) is 11.9. The van der Waals surface area contributed by atoms with Gasteiger partial charge in [0.05, 0.1) is 5.92 Å². The highest BCUT2D eigenvalue weighted by atomic mass is 35.5. The van der Waals surface area contributed by atoms with Crippen molar-refractivity contribution in [3.05, 3.63) is 59.9 Å². The van der Waals surface area contributed by atoms with Gasteiger partial charge in [-0.15, -0.1) is 12.4 Å². The molecular weight excluding hydrogens is 331 g/mol. The number of anilines is 1. The zero-order chi connectivity index (χ0) is 16.8. The van der Waals surface area contributed by atoms with Crippen LogP contribution >= 0.6 is 12.4 Å². The van der Waals surface area contributed by atoms with Crippen LogP contribution in [0.4, 0.5) is 10.1 Å². The number of ether oxygens (including phenoxy) is 1. The molecule has 130 valence electrons. The number of benzene rings is 2. The molecule has 24 heavy (non-hydrogen) atoms. The van der Waals surface area contributed by atoms with Crippen LogP contribution in [-0.2, 0) is 11.4 Å². The third-order valence-corrected chi connectivity index (χ3v) is 3.68. The Balaban J connectivity index is 0.00000288. The van der Waals surface area contributed by atoms with Gasteiger partial charge in [0.1, 0.15) is 18.2 Å². The molecule has 0 heterocycles. The van der Waals surface area contributed by atoms with E-state index < -0.39 is 0 Å². The summed E-state index contributed by atoms with van der Waals surface area (Å²) in [5.74, 6) is -0.0835. The van der Waals surface area contributed by atoms with Gasteiger partial charge in [-0.1, -0.05) is 25.1 Å². The largest absolute Gasteiger partial charge is 0.489 e. The first kappa shape index (κ1) is 19.9. The summed E-state index contributed by atoms with van der Waals surface area (Å²) in [6.07, 6.45) is 0. The van der Waals surface area contributed by atoms with Crippen molar-refractivity contribution in [1.82, 2.24) is 0 Å². The number of carbonyl (C=O) groups is 1. The molecule has 0 aliphatic heterocycles. The van der Waals surface area contributed by atoms with Crippen LogP contribution in [0.3, 0.4) is 0 Å². The topological polar surface area (TPSA) is 64.4 Å². The van der Waals surface area contributed by atoms with Crippen molar-refractivity contribution in [2.75, 3.05) is 5.32 Å². The normalized spacial score (nSPS) is 12.7. The summed E-state index contributed by atoms with van der Waals surface area (Å²) in [6, 6.07) is 13.2. The summed E-state index contributed by atoms with van der Waals surface area (Å²) in [5, 5.41) is 2.80. The van der Waals surface area contributed by atoms with Crippen LogP contribution in [0.25, 0.3) is 0 Å². The zero-order valence-corrected chi connectivity index (χ0v) is 14.5. The number of carbonyl (C=O) groups excluding carboxylic acids is 1. The molecule has 6 heteroatoms. The lowest BCUT2D eigenvalue weighted by molar-refractivity contribution is -0.119. The van der Waals surface area contributed by atoms with Gasteiger partial charge in [-0.05, 0) is 37.3 Å². The highest BCUT2D eigenvalue weighted by molar-refractivity contribution is 5.92. The Kier molecular flexibility index (Phi) is 7.68. The van der Waals surface area contributed by atoms with Crippen LogP contribution in [0.2, 0.25) is 0 Å². The standard InChI is InChI=1S/C18H21FN2O2.ClH/c1-12(13(2)20)18(22)21-15-7-9-16(10-8-15)23-11-14-5-3-4-6-17(14)19;/h3-10,12-13H,11,20H2,1-2H3,(H,21,22);1H. The first-order valence-corrected chi connectivity index (χ1v) is 7.50. The second-order valence-corrected chi connectivity index (χ2v) is 5.54. The SMILES string of the molecule is CC(N)C(C)C(=O)Nc1ccc(OCc2ccccc2F)cc1.Cl. The predicted octanol–water partition coefficient (Wildman–Crippen LogP) is 3.75. The molecule has 1 amide bonds. The maximum Gasteiger partial charge on any atom is 0.228 e. The summed E-state index contributed by atoms with van der Waals surface area (Å²) in [7, 11) is 0. The molecule has 2 unspecified atom stereocenters. The molecule has 0 saturated heterocycles. The highest BCUT2D eigenvalue weighted by Gasteiger charge is 2.16. The molecular formula is C18H22ClFN2O2. The molecule has 0 radical (unpaired) electrons. The van der Waals surface area contributed by atoms with Gasteiger partial charge in [0, 0.05) is 17.3 Å². The Labute approximate surface area is 147 Å². The number of halogens is 2. The fourth-order valence-corrected chi connectivity index (χ4v) is 1.91. The van der Waals surface area contributed by atoms with Gasteiger partial charge >= 0.3 is 0 Å². The maximum absolute atomic E-state index is 13.5. The monoisotopic (exact) mass is 352 g/mol. The van der Waals surface area contributed by atoms with E-state index in [9.17, 15) is 9.18 Å². The van der Waals surface area contributed by atoms with Crippen LogP contribution in [0.5, 0.6) is 5.75 Å². The molecule has 4 nitrogen and oxygen atoms in total. The van der Waals surface area contributed by atoms with E-state index in [4.69, 9.17) is 10.5 Å². The van der Waals surface area contributed by atoms with Crippen LogP contribution < -0.4 is 15.8 Å². The summed E-state index contributed by atoms with van der Waals surface area (Å²) >= 11 is 0. The summed E-state index contributed by atoms with van der Waals surface area (Å²) in [6.45, 7) is 3.73. The molecule has 2 atom stereocenters. The van der Waals surface area contributed by atoms with E-state index >= 15 is 0 Å². The molecule has 0 spiro atoms. The van der Waals surface area contributed by atoms with Gasteiger partial charge in [-0.25, -0.2) is 4.39 Å². The lowest BCUT2D eigenvalue weighted by Crippen LogP contribution is -2.34. The van der Waals surface area contributed by atoms with E-state index in [0.717, 1.165) is 0 Å². The second-order valence-electron chi connectivity index (χ2n) is 5.54. The molecule has 0 aliphatic carbocycles. The molecule has 0 bridgehead atoms. The van der Waals surface area contributed by atoms with Crippen molar-refractivity contribution in [2.24, 2.45) is 11.7 Å². The quantitative estimate of drug-likeness (QED) is 0.832. The minimum absolute atomic E-state index is 0. The van der Waals surface area contributed by atoms with Crippen molar-refractivity contribution in [3.63, 3.8) is 0 Å². The number of amides is 1. The Morgan fingerprint density at radius 2 is 1.79 bits per heavy atom. The zero-order valence-electron chi connectivity index (χ0n) is 13.7. The Morgan fingerprint density at radius 3 is 2.38 bits per heavy atom. The molecule has 0 aliphatic rings. The fraction of sp³-hybridized carbons (Fsp3) is 0.278. The number of nitrogens with two attached hydrogens (primary N) is 1. The van der Waals surface area contributed by atoms with Gasteiger partial charge in [-0.3, -0.25) is 4.79 Å². The highest BCUT2D eigenvalue weighted by Crippen LogP contribution is 2.18. The fourth-order valence-electron chi connectivity index (χ4n) is 1.91. The molecule has 2 aromatic carbocycles. The first-order chi connectivity index (χ1) is 11.0. The minimum Gasteiger partial charge on any atom is -0.489 e. The smallest absolute Gasteiger partial charge is 0.228 e. The molecule has 2 aromatic rings. The number of hydrogen-bond donors (Lipinski definition) is 2. The Bertz CT molecular complexity index is 662. The minimum atomic E-state index is -0.290. The van der Waals surface area contributed by atoms with Gasteiger partial charge in [0.2, 0.25) is 5.91 Å². The van der Waals surface area contributed by atoms with Crippen molar-refractivity contribution in [2.45, 2.75) is 26.5 Å². The van der Waals surface area contributed by atoms with E-state index in [1.807, 2.05) is 0 Å². The van der Waals surface area contributed by atoms with E-state index in [1.165, 1.54) is 6.07 Å². The Hall–Kier alpha value is -2.11. The molecule has 0 aromatic heterocycles. The van der Waals surface area contributed by atoms with E-state index in [-0.39, 0.29) is 42.7 Å². The van der Waals surface area contributed by atoms with Crippen LogP contribution in [0.15, 0.2) is 48.5 Å². The van der Waals surface area contributed by atoms with Crippen LogP contribution in [-0.4, -0.2) is 11.9 Å². The van der Waals surface area contributed by atoms with Crippen LogP contribution in [0.1, 0.15) is 19.4 Å². The van der Waals surface area contributed by atoms with Crippen molar-refractivity contribution < 1.29 is 13.9 Å². The third kappa shape index (κ3) is 5.51. The molecule has 2 rings (SSSR count). The van der Waals surface area contributed by atoms with E-state index in [1.54, 1.807) is 56.3 Å².